The lowest BCUT2D eigenvalue weighted by molar-refractivity contribution is -0.167. The van der Waals surface area contributed by atoms with Crippen molar-refractivity contribution in [2.45, 2.75) is 25.7 Å². The number of aromatic nitrogens is 2. The molecule has 1 aliphatic heterocycles. The predicted molar refractivity (Wildman–Crippen MR) is 60.7 cm³/mol. The summed E-state index contributed by atoms with van der Waals surface area (Å²) in [5.41, 5.74) is 0.995. The van der Waals surface area contributed by atoms with Crippen molar-refractivity contribution in [2.24, 2.45) is 0 Å². The van der Waals surface area contributed by atoms with Crippen molar-refractivity contribution in [1.82, 2.24) is 9.97 Å². The van der Waals surface area contributed by atoms with Gasteiger partial charge in [-0.25, -0.2) is 9.97 Å². The molecule has 1 aromatic heterocycles. The van der Waals surface area contributed by atoms with Crippen LogP contribution in [-0.2, 0) is 26.1 Å². The van der Waals surface area contributed by atoms with Crippen LogP contribution < -0.4 is 0 Å². The van der Waals surface area contributed by atoms with E-state index >= 15 is 0 Å². The fourth-order valence-electron chi connectivity index (χ4n) is 1.87. The molecule has 2 rings (SSSR count). The summed E-state index contributed by atoms with van der Waals surface area (Å²) in [5, 5.41) is 0. The average molecular weight is 236 g/mol. The first-order valence-electron chi connectivity index (χ1n) is 5.63. The number of esters is 1. The van der Waals surface area contributed by atoms with E-state index in [1.807, 2.05) is 19.9 Å². The Balaban J connectivity index is 2.44. The molecule has 5 heteroatoms. The van der Waals surface area contributed by atoms with Gasteiger partial charge < -0.3 is 9.47 Å². The Hall–Kier alpha value is -1.49. The Bertz CT molecular complexity index is 441. The largest absolute Gasteiger partial charge is 0.468 e. The van der Waals surface area contributed by atoms with Gasteiger partial charge in [0.2, 0.25) is 0 Å². The van der Waals surface area contributed by atoms with Crippen LogP contribution in [0.5, 0.6) is 0 Å². The number of hydrogen-bond donors (Lipinski definition) is 0. The molecule has 0 aliphatic carbocycles. The first kappa shape index (κ1) is 12.0. The first-order chi connectivity index (χ1) is 8.12. The van der Waals surface area contributed by atoms with Crippen LogP contribution in [0, 0.1) is 6.92 Å². The molecule has 0 atom stereocenters. The molecule has 0 aromatic carbocycles. The molecule has 1 aromatic rings. The van der Waals surface area contributed by atoms with Gasteiger partial charge in [-0.3, -0.25) is 4.79 Å². The molecule has 1 aliphatic rings. The number of nitrogens with zero attached hydrogens (tertiary/aromatic N) is 2. The number of hydrogen-bond acceptors (Lipinski definition) is 5. The van der Waals surface area contributed by atoms with E-state index in [9.17, 15) is 4.79 Å². The zero-order valence-corrected chi connectivity index (χ0v) is 10.3. The molecule has 0 radical (unpaired) electrons. The maximum atomic E-state index is 11.8. The van der Waals surface area contributed by atoms with E-state index in [4.69, 9.17) is 9.47 Å². The zero-order chi connectivity index (χ0) is 12.5. The lowest BCUT2D eigenvalue weighted by Crippen LogP contribution is -2.54. The van der Waals surface area contributed by atoms with E-state index in [0.29, 0.717) is 19.0 Å². The Morgan fingerprint density at radius 2 is 2.24 bits per heavy atom. The summed E-state index contributed by atoms with van der Waals surface area (Å²) in [4.78, 5) is 20.6. The lowest BCUT2D eigenvalue weighted by Gasteiger charge is -2.37. The van der Waals surface area contributed by atoms with Gasteiger partial charge in [0.05, 0.1) is 20.3 Å². The maximum Gasteiger partial charge on any atom is 0.324 e. The van der Waals surface area contributed by atoms with Crippen LogP contribution in [0.1, 0.15) is 24.1 Å². The standard InChI is InChI=1S/C12H16N2O3/c1-4-9-5-8(2)13-10(14-9)12(6-17-7-12)11(15)16-3/h5H,4,6-7H2,1-3H3. The van der Waals surface area contributed by atoms with Gasteiger partial charge >= 0.3 is 5.97 Å². The molecule has 0 amide bonds. The molecule has 5 nitrogen and oxygen atoms in total. The van der Waals surface area contributed by atoms with Crippen LogP contribution in [-0.4, -0.2) is 36.3 Å². The van der Waals surface area contributed by atoms with E-state index in [1.54, 1.807) is 0 Å². The minimum atomic E-state index is -0.801. The molecule has 0 saturated carbocycles. The number of methoxy groups -OCH3 is 1. The highest BCUT2D eigenvalue weighted by Gasteiger charge is 2.51. The van der Waals surface area contributed by atoms with E-state index < -0.39 is 5.41 Å². The highest BCUT2D eigenvalue weighted by Crippen LogP contribution is 2.31. The van der Waals surface area contributed by atoms with E-state index in [-0.39, 0.29) is 5.97 Å². The van der Waals surface area contributed by atoms with Crippen molar-refractivity contribution >= 4 is 5.97 Å². The minimum Gasteiger partial charge on any atom is -0.468 e. The van der Waals surface area contributed by atoms with Crippen molar-refractivity contribution in [3.05, 3.63) is 23.3 Å². The van der Waals surface area contributed by atoms with Crippen molar-refractivity contribution in [3.8, 4) is 0 Å². The summed E-state index contributed by atoms with van der Waals surface area (Å²) >= 11 is 0. The molecule has 2 heterocycles. The molecule has 1 saturated heterocycles. The van der Waals surface area contributed by atoms with Gasteiger partial charge in [-0.15, -0.1) is 0 Å². The topological polar surface area (TPSA) is 61.3 Å². The number of rotatable bonds is 3. The van der Waals surface area contributed by atoms with Gasteiger partial charge in [0.15, 0.2) is 11.2 Å². The molecular weight excluding hydrogens is 220 g/mol. The van der Waals surface area contributed by atoms with E-state index in [2.05, 4.69) is 9.97 Å². The second kappa shape index (κ2) is 4.41. The van der Waals surface area contributed by atoms with Gasteiger partial charge in [0.25, 0.3) is 0 Å². The fraction of sp³-hybridized carbons (Fsp3) is 0.583. The predicted octanol–water partition coefficient (Wildman–Crippen LogP) is 0.788. The summed E-state index contributed by atoms with van der Waals surface area (Å²) < 4.78 is 9.97. The Morgan fingerprint density at radius 1 is 1.53 bits per heavy atom. The highest BCUT2D eigenvalue weighted by molar-refractivity contribution is 5.83. The molecule has 0 unspecified atom stereocenters. The second-order valence-electron chi connectivity index (χ2n) is 4.24. The number of carbonyl (C=O) groups excluding carboxylic acids is 1. The Labute approximate surface area is 100 Å². The van der Waals surface area contributed by atoms with Crippen LogP contribution in [0.25, 0.3) is 0 Å². The Morgan fingerprint density at radius 3 is 2.71 bits per heavy atom. The fourth-order valence-corrected chi connectivity index (χ4v) is 1.87. The minimum absolute atomic E-state index is 0.298. The van der Waals surface area contributed by atoms with Crippen molar-refractivity contribution in [3.63, 3.8) is 0 Å². The third kappa shape index (κ3) is 1.91. The molecule has 17 heavy (non-hydrogen) atoms. The Kier molecular flexibility index (Phi) is 3.11. The molecule has 0 bridgehead atoms. The third-order valence-electron chi connectivity index (χ3n) is 2.97. The summed E-state index contributed by atoms with van der Waals surface area (Å²) in [6.07, 6.45) is 0.814. The highest BCUT2D eigenvalue weighted by atomic mass is 16.5. The van der Waals surface area contributed by atoms with Crippen LogP contribution in [0.15, 0.2) is 6.07 Å². The number of ether oxygens (including phenoxy) is 2. The van der Waals surface area contributed by atoms with Gasteiger partial charge in [-0.2, -0.15) is 0 Å². The summed E-state index contributed by atoms with van der Waals surface area (Å²) in [6.45, 7) is 4.51. The van der Waals surface area contributed by atoms with Gasteiger partial charge in [-0.05, 0) is 19.4 Å². The SMILES string of the molecule is CCc1cc(C)nc(C2(C(=O)OC)COC2)n1. The molecule has 0 N–H and O–H groups in total. The molecule has 92 valence electrons. The smallest absolute Gasteiger partial charge is 0.324 e. The average Bonchev–Trinajstić information content (AvgIpc) is 2.26. The molecular formula is C12H16N2O3. The number of carbonyl (C=O) groups is 1. The monoisotopic (exact) mass is 236 g/mol. The molecule has 0 spiro atoms. The molecule has 1 fully saturated rings. The van der Waals surface area contributed by atoms with Gasteiger partial charge in [-0.1, -0.05) is 6.92 Å². The van der Waals surface area contributed by atoms with Crippen molar-refractivity contribution in [2.75, 3.05) is 20.3 Å². The second-order valence-corrected chi connectivity index (χ2v) is 4.24. The van der Waals surface area contributed by atoms with Crippen molar-refractivity contribution in [1.29, 1.82) is 0 Å². The lowest BCUT2D eigenvalue weighted by atomic mass is 9.84. The van der Waals surface area contributed by atoms with Crippen LogP contribution in [0.4, 0.5) is 0 Å². The zero-order valence-electron chi connectivity index (χ0n) is 10.3. The summed E-state index contributed by atoms with van der Waals surface area (Å²) in [7, 11) is 1.37. The maximum absolute atomic E-state index is 11.8. The van der Waals surface area contributed by atoms with Crippen LogP contribution in [0.3, 0.4) is 0 Å². The first-order valence-corrected chi connectivity index (χ1v) is 5.63. The quantitative estimate of drug-likeness (QED) is 0.726. The van der Waals surface area contributed by atoms with Crippen LogP contribution in [0.2, 0.25) is 0 Å². The summed E-state index contributed by atoms with van der Waals surface area (Å²) in [6, 6.07) is 1.92. The van der Waals surface area contributed by atoms with Crippen LogP contribution >= 0.6 is 0 Å². The number of aryl methyl sites for hydroxylation is 2. The normalized spacial score (nSPS) is 17.4. The van der Waals surface area contributed by atoms with Gasteiger partial charge in [0, 0.05) is 11.4 Å². The third-order valence-corrected chi connectivity index (χ3v) is 2.97. The van der Waals surface area contributed by atoms with E-state index in [0.717, 1.165) is 17.8 Å². The van der Waals surface area contributed by atoms with Gasteiger partial charge in [0.1, 0.15) is 0 Å². The van der Waals surface area contributed by atoms with E-state index in [1.165, 1.54) is 7.11 Å². The summed E-state index contributed by atoms with van der Waals surface area (Å²) in [5.74, 6) is 0.198. The van der Waals surface area contributed by atoms with Crippen molar-refractivity contribution < 1.29 is 14.3 Å².